The van der Waals surface area contributed by atoms with Crippen molar-refractivity contribution in [2.45, 2.75) is 59.8 Å². The number of phenolic OH excluding ortho intramolecular Hbond substituents is 1. The summed E-state index contributed by atoms with van der Waals surface area (Å²) in [6.07, 6.45) is 1.90. The van der Waals surface area contributed by atoms with Gasteiger partial charge in [0.05, 0.1) is 28.0 Å². The number of fused-ring (bicyclic) bond motifs is 1. The maximum absolute atomic E-state index is 11.9. The van der Waals surface area contributed by atoms with Crippen LogP contribution in [-0.4, -0.2) is 19.6 Å². The summed E-state index contributed by atoms with van der Waals surface area (Å²) in [5, 5.41) is 11.9. The van der Waals surface area contributed by atoms with Crippen molar-refractivity contribution in [1.29, 1.82) is 0 Å². The molecule has 61 heavy (non-hydrogen) atoms. The smallest absolute Gasteiger partial charge is 0.149 e. The van der Waals surface area contributed by atoms with E-state index in [4.69, 9.17) is 9.97 Å². The van der Waals surface area contributed by atoms with E-state index in [-0.39, 0.29) is 11.2 Å². The van der Waals surface area contributed by atoms with Gasteiger partial charge in [0, 0.05) is 24.3 Å². The number of pyridine rings is 1. The number of imidazole rings is 1. The van der Waals surface area contributed by atoms with Crippen LogP contribution in [0.3, 0.4) is 0 Å². The molecule has 0 atom stereocenters. The van der Waals surface area contributed by atoms with E-state index in [1.54, 1.807) is 0 Å². The second-order valence-corrected chi connectivity index (χ2v) is 17.4. The summed E-state index contributed by atoms with van der Waals surface area (Å²) in [5.41, 5.74) is 17.2. The van der Waals surface area contributed by atoms with Crippen molar-refractivity contribution in [3.8, 4) is 78.6 Å². The summed E-state index contributed by atoms with van der Waals surface area (Å²) in [6.45, 7) is 14.6. The minimum atomic E-state index is -0.905. The Morgan fingerprint density at radius 3 is 1.87 bits per heavy atom. The minimum Gasteiger partial charge on any atom is -0.507 e. The van der Waals surface area contributed by atoms with Gasteiger partial charge < -0.3 is 5.11 Å². The summed E-state index contributed by atoms with van der Waals surface area (Å²) < 4.78 is 11.6. The van der Waals surface area contributed by atoms with Gasteiger partial charge in [0.15, 0.2) is 0 Å². The molecule has 0 fully saturated rings. The van der Waals surface area contributed by atoms with Gasteiger partial charge in [-0.15, -0.1) is 0 Å². The molecule has 0 saturated heterocycles. The molecule has 7 aromatic carbocycles. The van der Waals surface area contributed by atoms with Crippen molar-refractivity contribution < 1.29 is 6.48 Å². The third kappa shape index (κ3) is 7.55. The molecule has 0 spiro atoms. The lowest BCUT2D eigenvalue weighted by Gasteiger charge is -2.22. The van der Waals surface area contributed by atoms with E-state index >= 15 is 0 Å². The normalized spacial score (nSPS) is 12.1. The first-order chi connectivity index (χ1) is 29.7. The number of hydrogen-bond acceptors (Lipinski definition) is 3. The van der Waals surface area contributed by atoms with Gasteiger partial charge in [0.2, 0.25) is 0 Å². The topological polar surface area (TPSA) is 50.9 Å². The predicted molar refractivity (Wildman–Crippen MR) is 255 cm³/mol. The molecule has 4 nitrogen and oxygen atoms in total. The molecule has 0 amide bonds. The Hall–Kier alpha value is -7.04. The van der Waals surface area contributed by atoms with Gasteiger partial charge in [-0.1, -0.05) is 150 Å². The highest BCUT2D eigenvalue weighted by molar-refractivity contribution is 5.98. The lowest BCUT2D eigenvalue weighted by atomic mass is 9.83. The van der Waals surface area contributed by atoms with Crippen molar-refractivity contribution in [3.05, 3.63) is 192 Å². The Labute approximate surface area is 361 Å². The average Bonchev–Trinajstić information content (AvgIpc) is 3.67. The molecule has 2 heterocycles. The first-order valence-electron chi connectivity index (χ1n) is 21.5. The van der Waals surface area contributed by atoms with Crippen LogP contribution in [0.4, 0.5) is 0 Å². The number of nitrogens with zero attached hydrogens (tertiary/aromatic N) is 3. The molecule has 2 aromatic heterocycles. The van der Waals surface area contributed by atoms with Gasteiger partial charge in [0.1, 0.15) is 11.6 Å². The van der Waals surface area contributed by atoms with Crippen LogP contribution in [0.1, 0.15) is 64.1 Å². The van der Waals surface area contributed by atoms with Crippen LogP contribution in [0.25, 0.3) is 83.9 Å². The average molecular weight is 795 g/mol. The van der Waals surface area contributed by atoms with Crippen LogP contribution < -0.4 is 0 Å². The Morgan fingerprint density at radius 1 is 0.574 bits per heavy atom. The molecule has 0 unspecified atom stereocenters. The molecule has 9 aromatic rings. The quantitative estimate of drug-likeness (QED) is 0.167. The van der Waals surface area contributed by atoms with Crippen molar-refractivity contribution in [2.75, 3.05) is 0 Å². The number of benzene rings is 7. The van der Waals surface area contributed by atoms with Gasteiger partial charge in [-0.2, -0.15) is 0 Å². The predicted octanol–water partition coefficient (Wildman–Crippen LogP) is 15.2. The fraction of sp³-hybridized carbons (Fsp3) is 0.158. The van der Waals surface area contributed by atoms with E-state index in [1.165, 1.54) is 5.56 Å². The molecule has 0 radical (unpaired) electrons. The first kappa shape index (κ1) is 38.2. The fourth-order valence-corrected chi connectivity index (χ4v) is 8.54. The molecule has 4 heteroatoms. The molecule has 0 aliphatic carbocycles. The highest BCUT2D eigenvalue weighted by atomic mass is 16.3. The molecule has 300 valence electrons. The molecule has 0 saturated carbocycles. The largest absolute Gasteiger partial charge is 0.507 e. The second kappa shape index (κ2) is 15.9. The summed E-state index contributed by atoms with van der Waals surface area (Å²) in [6, 6.07) is 57.1. The van der Waals surface area contributed by atoms with E-state index in [1.807, 2.05) is 69.4 Å². The first-order valence-corrected chi connectivity index (χ1v) is 21.0. The third-order valence-electron chi connectivity index (χ3n) is 11.7. The van der Waals surface area contributed by atoms with Crippen LogP contribution in [0.15, 0.2) is 170 Å². The highest BCUT2D eigenvalue weighted by Gasteiger charge is 2.26. The number of aromatic hydroxyl groups is 1. The van der Waals surface area contributed by atoms with Crippen molar-refractivity contribution in [3.63, 3.8) is 0 Å². The monoisotopic (exact) mass is 794 g/mol. The molecular formula is C57H51N3O. The fourth-order valence-electron chi connectivity index (χ4n) is 8.54. The van der Waals surface area contributed by atoms with E-state index in [2.05, 4.69) is 154 Å². The van der Waals surface area contributed by atoms with Crippen molar-refractivity contribution >= 4 is 11.0 Å². The van der Waals surface area contributed by atoms with Crippen LogP contribution in [0.2, 0.25) is 0 Å². The Bertz CT molecular complexity index is 3100. The minimum absolute atomic E-state index is 0.156. The van der Waals surface area contributed by atoms with Crippen LogP contribution in [0.5, 0.6) is 5.75 Å². The second-order valence-electron chi connectivity index (χ2n) is 17.4. The summed E-state index contributed by atoms with van der Waals surface area (Å²) in [4.78, 5) is 10.5. The van der Waals surface area contributed by atoms with E-state index < -0.39 is 5.89 Å². The number of rotatable bonds is 8. The maximum atomic E-state index is 11.9. The molecule has 1 N–H and O–H groups in total. The molecule has 9 rings (SSSR count). The van der Waals surface area contributed by atoms with E-state index in [9.17, 15) is 6.48 Å². The zero-order chi connectivity index (χ0) is 43.3. The van der Waals surface area contributed by atoms with E-state index in [0.717, 1.165) is 89.2 Å². The molecule has 0 aliphatic heterocycles. The standard InChI is InChI=1S/C57H51N3O/c1-36(2)47-34-49(41-22-15-10-16-23-41)53(35-48(47)40-20-13-9-14-21-40)60-52-25-17-24-46(54(52)59-56(60)50-29-37(3)28-38(4)55(50)61)43-30-44(32-45(31-43)57(5,6)7)51-33-42(26-27-58-51)39-18-11-8-12-19-39/h8-36,61H,1-7H3/i36D. The zero-order valence-corrected chi connectivity index (χ0v) is 36.0. The zero-order valence-electron chi connectivity index (χ0n) is 37.0. The Morgan fingerprint density at radius 2 is 1.21 bits per heavy atom. The van der Waals surface area contributed by atoms with Crippen LogP contribution in [-0.2, 0) is 5.41 Å². The molecular weight excluding hydrogens is 743 g/mol. The molecule has 0 bridgehead atoms. The Balaban J connectivity index is 1.37. The lowest BCUT2D eigenvalue weighted by molar-refractivity contribution is 0.472. The van der Waals surface area contributed by atoms with Crippen molar-refractivity contribution in [1.82, 2.24) is 14.5 Å². The van der Waals surface area contributed by atoms with Gasteiger partial charge in [-0.3, -0.25) is 9.55 Å². The van der Waals surface area contributed by atoms with Gasteiger partial charge >= 0.3 is 0 Å². The Kier molecular flexibility index (Phi) is 9.92. The number of hydrogen-bond donors (Lipinski definition) is 1. The summed E-state index contributed by atoms with van der Waals surface area (Å²) >= 11 is 0. The van der Waals surface area contributed by atoms with Gasteiger partial charge in [-0.25, -0.2) is 4.98 Å². The highest BCUT2D eigenvalue weighted by Crippen LogP contribution is 2.45. The molecule has 0 aliphatic rings. The van der Waals surface area contributed by atoms with Crippen LogP contribution >= 0.6 is 0 Å². The number of phenols is 1. The lowest BCUT2D eigenvalue weighted by Crippen LogP contribution is -2.11. The number of para-hydroxylation sites is 1. The van der Waals surface area contributed by atoms with Gasteiger partial charge in [-0.05, 0) is 129 Å². The van der Waals surface area contributed by atoms with E-state index in [0.29, 0.717) is 11.4 Å². The summed E-state index contributed by atoms with van der Waals surface area (Å²) in [5.74, 6) is -0.0731. The number of aromatic nitrogens is 3. The third-order valence-corrected chi connectivity index (χ3v) is 11.7. The van der Waals surface area contributed by atoms with Crippen molar-refractivity contribution in [2.24, 2.45) is 0 Å². The SMILES string of the molecule is [2H]C(C)(C)c1cc(-c2ccccc2)c(-n2c(-c3cc(C)cc(C)c3O)nc3c(-c4cc(-c5cc(-c6ccccc6)ccn5)cc(C(C)(C)C)c4)cccc32)cc1-c1ccccc1. The van der Waals surface area contributed by atoms with Crippen LogP contribution in [0, 0.1) is 13.8 Å². The maximum Gasteiger partial charge on any atom is 0.149 e. The number of aryl methyl sites for hydroxylation is 2. The van der Waals surface area contributed by atoms with Gasteiger partial charge in [0.25, 0.3) is 0 Å². The summed E-state index contributed by atoms with van der Waals surface area (Å²) in [7, 11) is 0.